The number of nitro benzene ring substituents is 1. The molecule has 2 rings (SSSR count). The molecule has 0 spiro atoms. The molecule has 0 fully saturated rings. The lowest BCUT2D eigenvalue weighted by atomic mass is 10.2. The molecule has 2 aromatic rings. The minimum atomic E-state index is -0.513. The Balaban J connectivity index is 2.04. The predicted octanol–water partition coefficient (Wildman–Crippen LogP) is -0.238. The number of hydrogen-bond acceptors (Lipinski definition) is 9. The van der Waals surface area contributed by atoms with Crippen LogP contribution in [0, 0.1) is 10.1 Å². The summed E-state index contributed by atoms with van der Waals surface area (Å²) in [5.41, 5.74) is 12.1. The van der Waals surface area contributed by atoms with Crippen LogP contribution in [0.15, 0.2) is 16.8 Å². The molecule has 0 aliphatic carbocycles. The predicted molar refractivity (Wildman–Crippen MR) is 81.5 cm³/mol. The van der Waals surface area contributed by atoms with Gasteiger partial charge in [0.2, 0.25) is 5.52 Å². The van der Waals surface area contributed by atoms with Gasteiger partial charge in [0, 0.05) is 45.3 Å². The van der Waals surface area contributed by atoms with Gasteiger partial charge in [-0.2, -0.15) is 0 Å². The summed E-state index contributed by atoms with van der Waals surface area (Å²) in [7, 11) is 0. The Kier molecular flexibility index (Phi) is 5.58. The summed E-state index contributed by atoms with van der Waals surface area (Å²) in [4.78, 5) is 12.5. The first kappa shape index (κ1) is 16.1. The Morgan fingerprint density at radius 1 is 1.18 bits per heavy atom. The molecule has 10 heteroatoms. The van der Waals surface area contributed by atoms with Gasteiger partial charge in [-0.15, -0.1) is 0 Å². The van der Waals surface area contributed by atoms with Crippen molar-refractivity contribution in [2.45, 2.75) is 0 Å². The minimum Gasteiger partial charge on any atom is -0.382 e. The third kappa shape index (κ3) is 3.67. The molecule has 22 heavy (non-hydrogen) atoms. The van der Waals surface area contributed by atoms with Crippen molar-refractivity contribution >= 4 is 22.4 Å². The van der Waals surface area contributed by atoms with Crippen LogP contribution >= 0.6 is 0 Å². The number of non-ortho nitro benzene ring substituents is 1. The molecule has 5 N–H and O–H groups in total. The number of benzene rings is 1. The second-order valence-corrected chi connectivity index (χ2v) is 4.70. The van der Waals surface area contributed by atoms with Crippen LogP contribution in [0.5, 0.6) is 0 Å². The van der Waals surface area contributed by atoms with Gasteiger partial charge >= 0.3 is 5.69 Å². The van der Waals surface area contributed by atoms with Crippen molar-refractivity contribution in [3.63, 3.8) is 0 Å². The number of anilines is 1. The van der Waals surface area contributed by atoms with Crippen molar-refractivity contribution in [2.24, 2.45) is 11.5 Å². The van der Waals surface area contributed by atoms with E-state index in [9.17, 15) is 10.1 Å². The zero-order chi connectivity index (χ0) is 15.9. The quantitative estimate of drug-likeness (QED) is 0.421. The molecule has 0 atom stereocenters. The third-order valence-electron chi connectivity index (χ3n) is 3.22. The van der Waals surface area contributed by atoms with Crippen LogP contribution in [0.3, 0.4) is 0 Å². The average molecular weight is 309 g/mol. The van der Waals surface area contributed by atoms with Crippen LogP contribution in [0.4, 0.5) is 11.4 Å². The molecule has 0 unspecified atom stereocenters. The zero-order valence-corrected chi connectivity index (χ0v) is 12.1. The summed E-state index contributed by atoms with van der Waals surface area (Å²) in [6.45, 7) is 4.03. The van der Waals surface area contributed by atoms with Gasteiger partial charge in [0.1, 0.15) is 0 Å². The fraction of sp³-hybridized carbons (Fsp3) is 0.500. The number of hydrogen-bond donors (Lipinski definition) is 3. The normalized spacial score (nSPS) is 11.2. The van der Waals surface area contributed by atoms with Crippen molar-refractivity contribution in [1.82, 2.24) is 15.2 Å². The second-order valence-electron chi connectivity index (χ2n) is 4.70. The molecule has 0 saturated carbocycles. The average Bonchev–Trinajstić information content (AvgIpc) is 2.97. The van der Waals surface area contributed by atoms with Gasteiger partial charge < -0.3 is 16.8 Å². The molecule has 120 valence electrons. The van der Waals surface area contributed by atoms with Crippen LogP contribution in [0.1, 0.15) is 0 Å². The summed E-state index contributed by atoms with van der Waals surface area (Å²) >= 11 is 0. The van der Waals surface area contributed by atoms with Crippen LogP contribution in [-0.4, -0.2) is 59.4 Å². The van der Waals surface area contributed by atoms with Crippen molar-refractivity contribution in [3.8, 4) is 0 Å². The zero-order valence-electron chi connectivity index (χ0n) is 12.1. The highest BCUT2D eigenvalue weighted by Gasteiger charge is 2.19. The molecule has 0 radical (unpaired) electrons. The van der Waals surface area contributed by atoms with Crippen LogP contribution in [-0.2, 0) is 0 Å². The van der Waals surface area contributed by atoms with Gasteiger partial charge in [-0.05, 0) is 16.4 Å². The van der Waals surface area contributed by atoms with E-state index in [0.29, 0.717) is 30.8 Å². The minimum absolute atomic E-state index is 0.130. The largest absolute Gasteiger partial charge is 0.382 e. The topological polar surface area (TPSA) is 149 Å². The fourth-order valence-electron chi connectivity index (χ4n) is 2.19. The van der Waals surface area contributed by atoms with Crippen LogP contribution < -0.4 is 16.8 Å². The van der Waals surface area contributed by atoms with E-state index in [-0.39, 0.29) is 11.2 Å². The smallest absolute Gasteiger partial charge is 0.300 e. The van der Waals surface area contributed by atoms with E-state index < -0.39 is 4.92 Å². The van der Waals surface area contributed by atoms with Gasteiger partial charge in [0.15, 0.2) is 5.52 Å². The van der Waals surface area contributed by atoms with Gasteiger partial charge in [-0.25, -0.2) is 4.63 Å². The Morgan fingerprint density at radius 3 is 2.50 bits per heavy atom. The first-order valence-electron chi connectivity index (χ1n) is 6.93. The molecule has 10 nitrogen and oxygen atoms in total. The first-order chi connectivity index (χ1) is 10.7. The van der Waals surface area contributed by atoms with Crippen molar-refractivity contribution < 1.29 is 9.55 Å². The first-order valence-corrected chi connectivity index (χ1v) is 6.93. The SMILES string of the molecule is NCCN(CCN)CCNc1ccc([N+](=O)[O-])c2nonc12. The molecule has 1 aromatic heterocycles. The fourth-order valence-corrected chi connectivity index (χ4v) is 2.19. The number of nitrogens with zero attached hydrogens (tertiary/aromatic N) is 4. The van der Waals surface area contributed by atoms with Gasteiger partial charge in [-0.1, -0.05) is 0 Å². The Labute approximate surface area is 126 Å². The Hall–Kier alpha value is -2.30. The van der Waals surface area contributed by atoms with E-state index in [2.05, 4.69) is 25.2 Å². The lowest BCUT2D eigenvalue weighted by Gasteiger charge is -2.21. The van der Waals surface area contributed by atoms with Gasteiger partial charge in [-0.3, -0.25) is 15.0 Å². The summed E-state index contributed by atoms with van der Waals surface area (Å²) in [5, 5.41) is 21.4. The highest BCUT2D eigenvalue weighted by molar-refractivity contribution is 5.93. The number of fused-ring (bicyclic) bond motifs is 1. The maximum absolute atomic E-state index is 10.9. The van der Waals surface area contributed by atoms with E-state index >= 15 is 0 Å². The molecular formula is C12H19N7O3. The van der Waals surface area contributed by atoms with E-state index in [0.717, 1.165) is 19.6 Å². The molecule has 0 saturated heterocycles. The molecular weight excluding hydrogens is 290 g/mol. The van der Waals surface area contributed by atoms with E-state index in [4.69, 9.17) is 11.5 Å². The highest BCUT2D eigenvalue weighted by atomic mass is 16.6. The number of rotatable bonds is 9. The van der Waals surface area contributed by atoms with Gasteiger partial charge in [0.05, 0.1) is 10.6 Å². The molecule has 0 aliphatic rings. The molecule has 1 heterocycles. The van der Waals surface area contributed by atoms with E-state index in [1.165, 1.54) is 6.07 Å². The third-order valence-corrected chi connectivity index (χ3v) is 3.22. The molecule has 1 aromatic carbocycles. The summed E-state index contributed by atoms with van der Waals surface area (Å²) in [6.07, 6.45) is 0. The van der Waals surface area contributed by atoms with Crippen LogP contribution in [0.2, 0.25) is 0 Å². The van der Waals surface area contributed by atoms with Crippen molar-refractivity contribution in [1.29, 1.82) is 0 Å². The molecule has 0 amide bonds. The van der Waals surface area contributed by atoms with Crippen molar-refractivity contribution in [2.75, 3.05) is 44.6 Å². The Bertz CT molecular complexity index is 624. The number of aromatic nitrogens is 2. The Morgan fingerprint density at radius 2 is 1.86 bits per heavy atom. The molecule has 0 aliphatic heterocycles. The van der Waals surface area contributed by atoms with Crippen molar-refractivity contribution in [3.05, 3.63) is 22.2 Å². The van der Waals surface area contributed by atoms with Crippen LogP contribution in [0.25, 0.3) is 11.0 Å². The highest BCUT2D eigenvalue weighted by Crippen LogP contribution is 2.28. The lowest BCUT2D eigenvalue weighted by Crippen LogP contribution is -2.37. The maximum Gasteiger partial charge on any atom is 0.300 e. The monoisotopic (exact) mass is 309 g/mol. The lowest BCUT2D eigenvalue weighted by molar-refractivity contribution is -0.383. The second kappa shape index (κ2) is 7.64. The standard InChI is InChI=1S/C12H19N7O3/c13-3-6-18(7-4-14)8-5-15-9-1-2-10(19(20)21)12-11(9)16-22-17-12/h1-2,15H,3-8,13-14H2. The summed E-state index contributed by atoms with van der Waals surface area (Å²) < 4.78 is 4.61. The maximum atomic E-state index is 10.9. The van der Waals surface area contributed by atoms with E-state index in [1.807, 2.05) is 0 Å². The number of nitrogens with two attached hydrogens (primary N) is 2. The van der Waals surface area contributed by atoms with Gasteiger partial charge in [0.25, 0.3) is 0 Å². The number of nitro groups is 1. The number of nitrogens with one attached hydrogen (secondary N) is 1. The van der Waals surface area contributed by atoms with E-state index in [1.54, 1.807) is 6.07 Å². The molecule has 0 bridgehead atoms. The summed E-state index contributed by atoms with van der Waals surface area (Å²) in [5.74, 6) is 0. The summed E-state index contributed by atoms with van der Waals surface area (Å²) in [6, 6.07) is 2.98.